The first kappa shape index (κ1) is 12.8. The van der Waals surface area contributed by atoms with Gasteiger partial charge in [-0.1, -0.05) is 6.92 Å². The van der Waals surface area contributed by atoms with Crippen molar-refractivity contribution >= 4 is 5.91 Å². The number of carbonyl (C=O) groups excluding carboxylic acids is 1. The Morgan fingerprint density at radius 2 is 2.00 bits per heavy atom. The molecule has 0 bridgehead atoms. The van der Waals surface area contributed by atoms with Crippen LogP contribution in [0.25, 0.3) is 0 Å². The molecule has 2 heterocycles. The molecule has 0 aromatic carbocycles. The van der Waals surface area contributed by atoms with Crippen LogP contribution < -0.4 is 5.32 Å². The van der Waals surface area contributed by atoms with E-state index < -0.39 is 0 Å². The molecule has 2 aliphatic heterocycles. The van der Waals surface area contributed by atoms with Crippen molar-refractivity contribution < 1.29 is 4.79 Å². The average Bonchev–Trinajstić information content (AvgIpc) is 2.59. The average molecular weight is 239 g/mol. The summed E-state index contributed by atoms with van der Waals surface area (Å²) >= 11 is 0. The predicted octanol–water partition coefficient (Wildman–Crippen LogP) is 0.885. The van der Waals surface area contributed by atoms with Crippen LogP contribution in [0.15, 0.2) is 0 Å². The van der Waals surface area contributed by atoms with E-state index in [9.17, 15) is 4.79 Å². The summed E-state index contributed by atoms with van der Waals surface area (Å²) in [5, 5.41) is 3.37. The van der Waals surface area contributed by atoms with E-state index in [-0.39, 0.29) is 12.2 Å². The molecule has 1 N–H and O–H groups in total. The fraction of sp³-hybridized carbons (Fsp3) is 0.923. The van der Waals surface area contributed by atoms with E-state index in [2.05, 4.69) is 31.1 Å². The highest BCUT2D eigenvalue weighted by Crippen LogP contribution is 2.21. The van der Waals surface area contributed by atoms with Crippen LogP contribution >= 0.6 is 0 Å². The van der Waals surface area contributed by atoms with Gasteiger partial charge in [-0.15, -0.1) is 0 Å². The molecule has 2 saturated heterocycles. The van der Waals surface area contributed by atoms with Crippen molar-refractivity contribution in [3.63, 3.8) is 0 Å². The maximum atomic E-state index is 12.1. The van der Waals surface area contributed by atoms with Gasteiger partial charge in [0, 0.05) is 6.54 Å². The summed E-state index contributed by atoms with van der Waals surface area (Å²) in [6.07, 6.45) is 3.56. The molecule has 2 rings (SSSR count). The molecule has 2 fully saturated rings. The van der Waals surface area contributed by atoms with Crippen molar-refractivity contribution in [1.29, 1.82) is 0 Å². The van der Waals surface area contributed by atoms with Gasteiger partial charge in [0.2, 0.25) is 5.91 Å². The van der Waals surface area contributed by atoms with Gasteiger partial charge in [0.1, 0.15) is 0 Å². The first-order valence-corrected chi connectivity index (χ1v) is 6.87. The molecule has 17 heavy (non-hydrogen) atoms. The molecule has 4 nitrogen and oxygen atoms in total. The summed E-state index contributed by atoms with van der Waals surface area (Å²) in [5.74, 6) is 0.994. The smallest absolute Gasteiger partial charge is 0.241 e. The largest absolute Gasteiger partial charge is 0.326 e. The second-order valence-electron chi connectivity index (χ2n) is 5.54. The van der Waals surface area contributed by atoms with Gasteiger partial charge in [0.25, 0.3) is 0 Å². The Balaban J connectivity index is 1.88. The number of hydrogen-bond donors (Lipinski definition) is 1. The Morgan fingerprint density at radius 3 is 2.53 bits per heavy atom. The first-order valence-electron chi connectivity index (χ1n) is 6.87. The van der Waals surface area contributed by atoms with E-state index in [0.29, 0.717) is 11.8 Å². The highest BCUT2D eigenvalue weighted by molar-refractivity contribution is 5.84. The molecule has 98 valence electrons. The van der Waals surface area contributed by atoms with Gasteiger partial charge in [-0.25, -0.2) is 0 Å². The van der Waals surface area contributed by atoms with E-state index in [1.54, 1.807) is 0 Å². The SMILES string of the molecule is CCC1NC(C)N(CC2CCN(C)CC2)C1=O. The van der Waals surface area contributed by atoms with E-state index in [1.807, 2.05) is 4.90 Å². The molecule has 0 aromatic rings. The lowest BCUT2D eigenvalue weighted by Gasteiger charge is -2.32. The van der Waals surface area contributed by atoms with Gasteiger partial charge in [0.05, 0.1) is 12.2 Å². The quantitative estimate of drug-likeness (QED) is 0.794. The second kappa shape index (κ2) is 5.36. The van der Waals surface area contributed by atoms with Crippen LogP contribution in [0, 0.1) is 5.92 Å². The number of nitrogens with zero attached hydrogens (tertiary/aromatic N) is 2. The first-order chi connectivity index (χ1) is 8.11. The van der Waals surface area contributed by atoms with Crippen LogP contribution in [0.3, 0.4) is 0 Å². The minimum Gasteiger partial charge on any atom is -0.326 e. The molecule has 2 unspecified atom stereocenters. The van der Waals surface area contributed by atoms with E-state index in [0.717, 1.165) is 13.0 Å². The third-order valence-corrected chi connectivity index (χ3v) is 4.19. The number of hydrogen-bond acceptors (Lipinski definition) is 3. The number of rotatable bonds is 3. The zero-order valence-corrected chi connectivity index (χ0v) is 11.3. The number of amides is 1. The minimum atomic E-state index is 0.0521. The van der Waals surface area contributed by atoms with Crippen LogP contribution in [-0.4, -0.2) is 54.6 Å². The Hall–Kier alpha value is -0.610. The van der Waals surface area contributed by atoms with Crippen molar-refractivity contribution in [2.75, 3.05) is 26.7 Å². The van der Waals surface area contributed by atoms with Crippen LogP contribution in [0.4, 0.5) is 0 Å². The highest BCUT2D eigenvalue weighted by atomic mass is 16.2. The van der Waals surface area contributed by atoms with Gasteiger partial charge in [-0.2, -0.15) is 0 Å². The zero-order valence-electron chi connectivity index (χ0n) is 11.3. The summed E-state index contributed by atoms with van der Waals surface area (Å²) in [4.78, 5) is 16.6. The maximum absolute atomic E-state index is 12.1. The van der Waals surface area contributed by atoms with Crippen LogP contribution in [0.2, 0.25) is 0 Å². The molecule has 0 radical (unpaired) electrons. The third kappa shape index (κ3) is 2.80. The summed E-state index contributed by atoms with van der Waals surface area (Å²) in [6, 6.07) is 0.0521. The normalized spacial score (nSPS) is 32.4. The van der Waals surface area contributed by atoms with Gasteiger partial charge in [-0.05, 0) is 52.2 Å². The Labute approximate surface area is 104 Å². The topological polar surface area (TPSA) is 35.6 Å². The molecule has 4 heteroatoms. The fourth-order valence-electron chi connectivity index (χ4n) is 2.91. The molecule has 1 amide bonds. The summed E-state index contributed by atoms with van der Waals surface area (Å²) in [6.45, 7) is 7.46. The molecular weight excluding hydrogens is 214 g/mol. The molecule has 0 aromatic heterocycles. The van der Waals surface area contributed by atoms with Crippen molar-refractivity contribution in [2.45, 2.75) is 45.3 Å². The van der Waals surface area contributed by atoms with Gasteiger partial charge < -0.3 is 9.80 Å². The maximum Gasteiger partial charge on any atom is 0.241 e. The van der Waals surface area contributed by atoms with Crippen molar-refractivity contribution in [2.24, 2.45) is 5.92 Å². The molecule has 0 saturated carbocycles. The van der Waals surface area contributed by atoms with Crippen molar-refractivity contribution in [3.8, 4) is 0 Å². The molecule has 2 aliphatic rings. The fourth-order valence-corrected chi connectivity index (χ4v) is 2.91. The molecule has 2 atom stereocenters. The standard InChI is InChI=1S/C13H25N3O/c1-4-12-13(17)16(10(2)14-12)9-11-5-7-15(3)8-6-11/h10-12,14H,4-9H2,1-3H3. The summed E-state index contributed by atoms with van der Waals surface area (Å²) in [7, 11) is 2.18. The van der Waals surface area contributed by atoms with Crippen LogP contribution in [0.1, 0.15) is 33.1 Å². The second-order valence-corrected chi connectivity index (χ2v) is 5.54. The van der Waals surface area contributed by atoms with Gasteiger partial charge in [-0.3, -0.25) is 10.1 Å². The van der Waals surface area contributed by atoms with Gasteiger partial charge >= 0.3 is 0 Å². The van der Waals surface area contributed by atoms with E-state index in [4.69, 9.17) is 0 Å². The Bertz CT molecular complexity index is 274. The van der Waals surface area contributed by atoms with Crippen molar-refractivity contribution in [3.05, 3.63) is 0 Å². The van der Waals surface area contributed by atoms with Gasteiger partial charge in [0.15, 0.2) is 0 Å². The Kier molecular flexibility index (Phi) is 4.05. The minimum absolute atomic E-state index is 0.0521. The number of likely N-dealkylation sites (tertiary alicyclic amines) is 1. The highest BCUT2D eigenvalue weighted by Gasteiger charge is 2.36. The lowest BCUT2D eigenvalue weighted by Crippen LogP contribution is -2.41. The van der Waals surface area contributed by atoms with E-state index >= 15 is 0 Å². The zero-order chi connectivity index (χ0) is 12.4. The lowest BCUT2D eigenvalue weighted by atomic mass is 9.96. The number of nitrogens with one attached hydrogen (secondary N) is 1. The number of carbonyl (C=O) groups is 1. The molecular formula is C13H25N3O. The van der Waals surface area contributed by atoms with Crippen molar-refractivity contribution in [1.82, 2.24) is 15.1 Å². The predicted molar refractivity (Wildman–Crippen MR) is 68.6 cm³/mol. The van der Waals surface area contributed by atoms with Crippen LogP contribution in [0.5, 0.6) is 0 Å². The summed E-state index contributed by atoms with van der Waals surface area (Å²) in [5.41, 5.74) is 0. The van der Waals surface area contributed by atoms with E-state index in [1.165, 1.54) is 25.9 Å². The summed E-state index contributed by atoms with van der Waals surface area (Å²) < 4.78 is 0. The third-order valence-electron chi connectivity index (χ3n) is 4.19. The monoisotopic (exact) mass is 239 g/mol. The lowest BCUT2D eigenvalue weighted by molar-refractivity contribution is -0.130. The van der Waals surface area contributed by atoms with Crippen LogP contribution in [-0.2, 0) is 4.79 Å². The molecule has 0 spiro atoms. The Morgan fingerprint density at radius 1 is 1.35 bits per heavy atom. The number of piperidine rings is 1. The molecule has 0 aliphatic carbocycles.